The number of H-pyrrole nitrogens is 1. The Morgan fingerprint density at radius 3 is 2.24 bits per heavy atom. The SMILES string of the molecule is CC(C)(C)OC[C@@H]1CC[C@@](n2cc(-c3cccs3)c(=O)[nH]c2=O)([SiH](c2ccccc2)c2ccccc2)O1. The summed E-state index contributed by atoms with van der Waals surface area (Å²) in [5.74, 6) is 0. The molecule has 6 nitrogen and oxygen atoms in total. The van der Waals surface area contributed by atoms with Crippen LogP contribution in [-0.2, 0) is 14.8 Å². The first-order valence-electron chi connectivity index (χ1n) is 12.6. The number of thiophene rings is 1. The summed E-state index contributed by atoms with van der Waals surface area (Å²) < 4.78 is 14.8. The van der Waals surface area contributed by atoms with E-state index in [1.807, 2.05) is 74.7 Å². The van der Waals surface area contributed by atoms with Gasteiger partial charge in [0, 0.05) is 11.1 Å². The van der Waals surface area contributed by atoms with Gasteiger partial charge in [-0.1, -0.05) is 77.1 Å². The first kappa shape index (κ1) is 25.6. The van der Waals surface area contributed by atoms with E-state index < -0.39 is 19.8 Å². The molecule has 0 saturated carbocycles. The number of ether oxygens (including phenoxy) is 2. The maximum absolute atomic E-state index is 13.6. The minimum Gasteiger partial charge on any atom is -0.373 e. The molecule has 4 aromatic rings. The zero-order chi connectivity index (χ0) is 26.0. The van der Waals surface area contributed by atoms with Crippen LogP contribution >= 0.6 is 11.3 Å². The molecular weight excluding hydrogens is 500 g/mol. The summed E-state index contributed by atoms with van der Waals surface area (Å²) in [6, 6.07) is 24.5. The Kier molecular flexibility index (Phi) is 7.18. The van der Waals surface area contributed by atoms with Gasteiger partial charge in [0.05, 0.1) is 23.9 Å². The highest BCUT2D eigenvalue weighted by atomic mass is 32.1. The van der Waals surface area contributed by atoms with Crippen LogP contribution in [-0.4, -0.2) is 36.7 Å². The molecule has 1 aliphatic heterocycles. The quantitative estimate of drug-likeness (QED) is 0.370. The molecule has 8 heteroatoms. The van der Waals surface area contributed by atoms with Gasteiger partial charge in [0.25, 0.3) is 5.56 Å². The summed E-state index contributed by atoms with van der Waals surface area (Å²) in [7, 11) is -2.25. The Labute approximate surface area is 222 Å². The number of aromatic amines is 1. The highest BCUT2D eigenvalue weighted by molar-refractivity contribution is 7.13. The van der Waals surface area contributed by atoms with E-state index in [0.29, 0.717) is 18.6 Å². The lowest BCUT2D eigenvalue weighted by Crippen LogP contribution is -2.64. The van der Waals surface area contributed by atoms with Crippen LogP contribution in [0, 0.1) is 0 Å². The maximum Gasteiger partial charge on any atom is 0.330 e. The molecule has 1 saturated heterocycles. The van der Waals surface area contributed by atoms with E-state index in [2.05, 4.69) is 29.2 Å². The lowest BCUT2D eigenvalue weighted by atomic mass is 10.2. The molecule has 3 heterocycles. The number of rotatable bonds is 7. The van der Waals surface area contributed by atoms with Gasteiger partial charge in [-0.2, -0.15) is 0 Å². The second-order valence-corrected chi connectivity index (χ2v) is 14.5. The zero-order valence-electron chi connectivity index (χ0n) is 21.3. The first-order chi connectivity index (χ1) is 17.8. The molecule has 1 fully saturated rings. The van der Waals surface area contributed by atoms with Crippen molar-refractivity contribution in [2.45, 2.75) is 50.7 Å². The second kappa shape index (κ2) is 10.4. The number of hydrogen-bond acceptors (Lipinski definition) is 5. The van der Waals surface area contributed by atoms with Crippen LogP contribution in [0.2, 0.25) is 0 Å². The molecule has 0 amide bonds. The van der Waals surface area contributed by atoms with E-state index in [0.717, 1.165) is 11.3 Å². The highest BCUT2D eigenvalue weighted by Gasteiger charge is 2.51. The minimum atomic E-state index is -2.25. The third-order valence-electron chi connectivity index (χ3n) is 6.75. The second-order valence-electron chi connectivity index (χ2n) is 10.5. The van der Waals surface area contributed by atoms with E-state index >= 15 is 0 Å². The zero-order valence-corrected chi connectivity index (χ0v) is 23.3. The van der Waals surface area contributed by atoms with Gasteiger partial charge in [-0.3, -0.25) is 14.3 Å². The Balaban J connectivity index is 1.71. The lowest BCUT2D eigenvalue weighted by molar-refractivity contribution is -0.101. The predicted molar refractivity (Wildman–Crippen MR) is 152 cm³/mol. The summed E-state index contributed by atoms with van der Waals surface area (Å²) >= 11 is 1.47. The summed E-state index contributed by atoms with van der Waals surface area (Å²) in [5, 5.41) is 3.34. The van der Waals surface area contributed by atoms with Crippen molar-refractivity contribution in [3.63, 3.8) is 0 Å². The fraction of sp³-hybridized carbons (Fsp3) is 0.310. The summed E-state index contributed by atoms with van der Waals surface area (Å²) in [6.45, 7) is 6.52. The number of aromatic nitrogens is 2. The van der Waals surface area contributed by atoms with Crippen molar-refractivity contribution < 1.29 is 9.47 Å². The van der Waals surface area contributed by atoms with E-state index in [9.17, 15) is 9.59 Å². The normalized spacial score (nSPS) is 19.9. The van der Waals surface area contributed by atoms with Gasteiger partial charge < -0.3 is 9.47 Å². The van der Waals surface area contributed by atoms with E-state index in [1.54, 1.807) is 10.8 Å². The van der Waals surface area contributed by atoms with Gasteiger partial charge >= 0.3 is 5.69 Å². The molecule has 1 aliphatic rings. The summed E-state index contributed by atoms with van der Waals surface area (Å²) in [4.78, 5) is 29.9. The average molecular weight is 533 g/mol. The number of nitrogens with zero attached hydrogens (tertiary/aromatic N) is 1. The maximum atomic E-state index is 13.6. The Morgan fingerprint density at radius 2 is 1.68 bits per heavy atom. The van der Waals surface area contributed by atoms with Crippen LogP contribution < -0.4 is 21.6 Å². The van der Waals surface area contributed by atoms with Gasteiger partial charge in [-0.15, -0.1) is 11.3 Å². The molecule has 2 aromatic carbocycles. The van der Waals surface area contributed by atoms with Gasteiger partial charge in [0.15, 0.2) is 8.80 Å². The highest BCUT2D eigenvalue weighted by Crippen LogP contribution is 2.37. The molecule has 0 spiro atoms. The van der Waals surface area contributed by atoms with Crippen LogP contribution in [0.5, 0.6) is 0 Å². The molecule has 192 valence electrons. The molecule has 0 aliphatic carbocycles. The largest absolute Gasteiger partial charge is 0.373 e. The molecule has 0 radical (unpaired) electrons. The van der Waals surface area contributed by atoms with Crippen molar-refractivity contribution in [3.05, 3.63) is 105 Å². The van der Waals surface area contributed by atoms with Crippen molar-refractivity contribution in [1.29, 1.82) is 0 Å². The Bertz CT molecular complexity index is 1410. The smallest absolute Gasteiger partial charge is 0.330 e. The molecule has 37 heavy (non-hydrogen) atoms. The molecule has 2 atom stereocenters. The lowest BCUT2D eigenvalue weighted by Gasteiger charge is -2.39. The fourth-order valence-electron chi connectivity index (χ4n) is 5.13. The predicted octanol–water partition coefficient (Wildman–Crippen LogP) is 3.49. The summed E-state index contributed by atoms with van der Waals surface area (Å²) in [5.41, 5.74) is -0.666. The minimum absolute atomic E-state index is 0.175. The third kappa shape index (κ3) is 5.33. The van der Waals surface area contributed by atoms with Crippen LogP contribution in [0.3, 0.4) is 0 Å². The van der Waals surface area contributed by atoms with Crippen molar-refractivity contribution in [2.75, 3.05) is 6.61 Å². The van der Waals surface area contributed by atoms with Gasteiger partial charge in [0.1, 0.15) is 5.35 Å². The fourth-order valence-corrected chi connectivity index (χ4v) is 9.75. The average Bonchev–Trinajstić information content (AvgIpc) is 3.55. The Hall–Kier alpha value is -3.04. The molecular formula is C29H32N2O4SSi. The van der Waals surface area contributed by atoms with Crippen LogP contribution in [0.4, 0.5) is 0 Å². The summed E-state index contributed by atoms with van der Waals surface area (Å²) in [6.07, 6.45) is 2.93. The molecule has 0 unspecified atom stereocenters. The van der Waals surface area contributed by atoms with Gasteiger partial charge in [-0.05, 0) is 45.1 Å². The van der Waals surface area contributed by atoms with Crippen molar-refractivity contribution in [1.82, 2.24) is 9.55 Å². The van der Waals surface area contributed by atoms with E-state index in [4.69, 9.17) is 9.47 Å². The van der Waals surface area contributed by atoms with Crippen molar-refractivity contribution >= 4 is 30.5 Å². The number of benzene rings is 2. The monoisotopic (exact) mass is 532 g/mol. The first-order valence-corrected chi connectivity index (χ1v) is 15.2. The number of hydrogen-bond donors (Lipinski definition) is 1. The molecule has 1 N–H and O–H groups in total. The van der Waals surface area contributed by atoms with Crippen LogP contribution in [0.25, 0.3) is 10.4 Å². The van der Waals surface area contributed by atoms with Gasteiger partial charge in [-0.25, -0.2) is 4.79 Å². The van der Waals surface area contributed by atoms with Crippen molar-refractivity contribution in [2.24, 2.45) is 0 Å². The van der Waals surface area contributed by atoms with Gasteiger partial charge in [0.2, 0.25) is 0 Å². The Morgan fingerprint density at radius 1 is 1.03 bits per heavy atom. The number of nitrogens with one attached hydrogen (secondary N) is 1. The molecule has 0 bridgehead atoms. The van der Waals surface area contributed by atoms with Crippen LogP contribution in [0.1, 0.15) is 33.6 Å². The van der Waals surface area contributed by atoms with Crippen LogP contribution in [0.15, 0.2) is 94.0 Å². The third-order valence-corrected chi connectivity index (χ3v) is 11.4. The van der Waals surface area contributed by atoms with E-state index in [-0.39, 0.29) is 17.3 Å². The molecule has 2 aromatic heterocycles. The van der Waals surface area contributed by atoms with Crippen molar-refractivity contribution in [3.8, 4) is 10.4 Å². The standard InChI is InChI=1S/C29H32N2O4SSi/c1-28(2,3)34-20-21-16-17-29(35-21,31-19-24(25-15-10-18-36-25)26(32)30-27(31)33)37(22-11-6-4-7-12-22)23-13-8-5-9-14-23/h4-15,18-19,21,37H,16-17,20H2,1-3H3,(H,30,32,33)/t21-,29-/m0/s1. The topological polar surface area (TPSA) is 73.3 Å². The molecule has 5 rings (SSSR count). The van der Waals surface area contributed by atoms with E-state index in [1.165, 1.54) is 21.7 Å².